The van der Waals surface area contributed by atoms with Crippen LogP contribution in [0, 0.1) is 0 Å². The van der Waals surface area contributed by atoms with E-state index in [0.29, 0.717) is 6.04 Å². The van der Waals surface area contributed by atoms with Gasteiger partial charge in [-0.2, -0.15) is 0 Å². The first-order valence-corrected chi connectivity index (χ1v) is 7.53. The summed E-state index contributed by atoms with van der Waals surface area (Å²) in [6.45, 7) is 3.26. The Bertz CT molecular complexity index is 434. The number of hydrogen-bond acceptors (Lipinski definition) is 5. The number of aromatic nitrogens is 1. The van der Waals surface area contributed by atoms with Crippen LogP contribution >= 0.6 is 11.3 Å². The smallest absolute Gasteiger partial charge is 0.112 e. The number of aryl methyl sites for hydroxylation is 1. The van der Waals surface area contributed by atoms with Crippen LogP contribution in [0.3, 0.4) is 0 Å². The Morgan fingerprint density at radius 1 is 1.33 bits per heavy atom. The summed E-state index contributed by atoms with van der Waals surface area (Å²) in [6.07, 6.45) is 2.73. The highest BCUT2D eigenvalue weighted by molar-refractivity contribution is 7.11. The molecule has 1 fully saturated rings. The van der Waals surface area contributed by atoms with Crippen molar-refractivity contribution in [1.82, 2.24) is 14.8 Å². The zero-order chi connectivity index (χ0) is 12.7. The van der Waals surface area contributed by atoms with Gasteiger partial charge < -0.3 is 10.0 Å². The molecule has 18 heavy (non-hydrogen) atoms. The monoisotopic (exact) mass is 267 g/mol. The van der Waals surface area contributed by atoms with Crippen LogP contribution in [0.1, 0.15) is 40.6 Å². The molecule has 1 aromatic heterocycles. The molecule has 0 radical (unpaired) electrons. The Hall–Kier alpha value is -0.490. The van der Waals surface area contributed by atoms with E-state index >= 15 is 0 Å². The number of aliphatic hydroxyl groups is 1. The standard InChI is InChI=1S/C13H21N3OS/c1-15-6-7-16(2)10(8-15)13-14-9-4-3-5-11(17)12(9)18-13/h10-11,17H,3-8H2,1-2H3. The average molecular weight is 267 g/mol. The molecule has 0 amide bonds. The van der Waals surface area contributed by atoms with E-state index in [2.05, 4.69) is 23.9 Å². The number of likely N-dealkylation sites (N-methyl/N-ethyl adjacent to an activating group) is 2. The largest absolute Gasteiger partial charge is 0.388 e. The van der Waals surface area contributed by atoms with E-state index in [1.54, 1.807) is 11.3 Å². The third-order valence-corrected chi connectivity index (χ3v) is 5.37. The lowest BCUT2D eigenvalue weighted by molar-refractivity contribution is 0.115. The van der Waals surface area contributed by atoms with Gasteiger partial charge in [0.25, 0.3) is 0 Å². The molecular formula is C13H21N3OS. The van der Waals surface area contributed by atoms with Crippen LogP contribution in [0.2, 0.25) is 0 Å². The van der Waals surface area contributed by atoms with Crippen molar-refractivity contribution in [3.8, 4) is 0 Å². The maximum absolute atomic E-state index is 10.0. The highest BCUT2D eigenvalue weighted by Crippen LogP contribution is 2.37. The number of piperazine rings is 1. The lowest BCUT2D eigenvalue weighted by Crippen LogP contribution is -2.44. The second-order valence-electron chi connectivity index (χ2n) is 5.53. The average Bonchev–Trinajstić information content (AvgIpc) is 2.77. The van der Waals surface area contributed by atoms with Crippen LogP contribution in [0.4, 0.5) is 0 Å². The Morgan fingerprint density at radius 2 is 2.17 bits per heavy atom. The SMILES string of the molecule is CN1CCN(C)C(c2nc3c(s2)C(O)CCC3)C1. The highest BCUT2D eigenvalue weighted by atomic mass is 32.1. The van der Waals surface area contributed by atoms with Gasteiger partial charge >= 0.3 is 0 Å². The predicted molar refractivity (Wildman–Crippen MR) is 72.9 cm³/mol. The summed E-state index contributed by atoms with van der Waals surface area (Å²) in [6, 6.07) is 0.395. The van der Waals surface area contributed by atoms with Gasteiger partial charge in [0.05, 0.1) is 22.7 Å². The lowest BCUT2D eigenvalue weighted by atomic mass is 10.0. The molecule has 1 aliphatic carbocycles. The van der Waals surface area contributed by atoms with E-state index in [1.807, 2.05) is 0 Å². The predicted octanol–water partition coefficient (Wildman–Crippen LogP) is 1.43. The van der Waals surface area contributed by atoms with Crippen LogP contribution in [-0.4, -0.2) is 53.6 Å². The first-order valence-electron chi connectivity index (χ1n) is 6.71. The van der Waals surface area contributed by atoms with Crippen LogP contribution in [0.15, 0.2) is 0 Å². The Kier molecular flexibility index (Phi) is 3.40. The van der Waals surface area contributed by atoms with E-state index in [-0.39, 0.29) is 6.10 Å². The van der Waals surface area contributed by atoms with E-state index < -0.39 is 0 Å². The van der Waals surface area contributed by atoms with E-state index in [0.717, 1.165) is 49.5 Å². The Balaban J connectivity index is 1.87. The van der Waals surface area contributed by atoms with Crippen LogP contribution in [-0.2, 0) is 6.42 Å². The van der Waals surface area contributed by atoms with Gasteiger partial charge in [-0.25, -0.2) is 4.98 Å². The molecule has 1 aromatic rings. The first-order chi connectivity index (χ1) is 8.65. The number of fused-ring (bicyclic) bond motifs is 1. The molecule has 2 heterocycles. The molecule has 4 nitrogen and oxygen atoms in total. The van der Waals surface area contributed by atoms with Gasteiger partial charge in [-0.15, -0.1) is 11.3 Å². The van der Waals surface area contributed by atoms with Crippen molar-refractivity contribution < 1.29 is 5.11 Å². The fraction of sp³-hybridized carbons (Fsp3) is 0.769. The maximum atomic E-state index is 10.0. The molecule has 0 bridgehead atoms. The van der Waals surface area contributed by atoms with Crippen molar-refractivity contribution in [1.29, 1.82) is 0 Å². The molecule has 0 saturated carbocycles. The quantitative estimate of drug-likeness (QED) is 0.835. The summed E-state index contributed by atoms with van der Waals surface area (Å²) >= 11 is 1.73. The van der Waals surface area contributed by atoms with Gasteiger partial charge in [0.1, 0.15) is 5.01 Å². The summed E-state index contributed by atoms with van der Waals surface area (Å²) in [4.78, 5) is 10.7. The minimum Gasteiger partial charge on any atom is -0.388 e. The Labute approximate surface area is 112 Å². The second kappa shape index (κ2) is 4.89. The van der Waals surface area contributed by atoms with E-state index in [9.17, 15) is 5.11 Å². The topological polar surface area (TPSA) is 39.6 Å². The van der Waals surface area contributed by atoms with Crippen LogP contribution < -0.4 is 0 Å². The van der Waals surface area contributed by atoms with E-state index in [1.165, 1.54) is 5.01 Å². The summed E-state index contributed by atoms with van der Waals surface area (Å²) in [5, 5.41) is 11.2. The zero-order valence-corrected chi connectivity index (χ0v) is 11.9. The van der Waals surface area contributed by atoms with Crippen molar-refractivity contribution in [2.75, 3.05) is 33.7 Å². The molecule has 0 aromatic carbocycles. The minimum absolute atomic E-state index is 0.272. The molecule has 2 aliphatic rings. The molecule has 2 atom stereocenters. The molecule has 1 N–H and O–H groups in total. The van der Waals surface area contributed by atoms with Gasteiger partial charge in [-0.05, 0) is 33.4 Å². The van der Waals surface area contributed by atoms with Crippen molar-refractivity contribution in [3.05, 3.63) is 15.6 Å². The molecule has 1 saturated heterocycles. The molecule has 100 valence electrons. The number of rotatable bonds is 1. The van der Waals surface area contributed by atoms with Gasteiger partial charge in [0, 0.05) is 19.6 Å². The third kappa shape index (κ3) is 2.20. The highest BCUT2D eigenvalue weighted by Gasteiger charge is 2.30. The fourth-order valence-electron chi connectivity index (χ4n) is 2.84. The van der Waals surface area contributed by atoms with E-state index in [4.69, 9.17) is 4.98 Å². The van der Waals surface area contributed by atoms with Crippen molar-refractivity contribution in [2.24, 2.45) is 0 Å². The maximum Gasteiger partial charge on any atom is 0.112 e. The molecule has 5 heteroatoms. The zero-order valence-electron chi connectivity index (χ0n) is 11.1. The number of hydrogen-bond donors (Lipinski definition) is 1. The molecule has 2 unspecified atom stereocenters. The first kappa shape index (κ1) is 12.5. The molecule has 3 rings (SSSR count). The normalized spacial score (nSPS) is 30.4. The summed E-state index contributed by atoms with van der Waals surface area (Å²) in [5.74, 6) is 0. The van der Waals surface area contributed by atoms with Gasteiger partial charge in [0.15, 0.2) is 0 Å². The van der Waals surface area contributed by atoms with Crippen LogP contribution in [0.5, 0.6) is 0 Å². The van der Waals surface area contributed by atoms with Gasteiger partial charge in [-0.1, -0.05) is 0 Å². The second-order valence-corrected chi connectivity index (χ2v) is 6.59. The summed E-state index contributed by atoms with van der Waals surface area (Å²) < 4.78 is 0. The summed E-state index contributed by atoms with van der Waals surface area (Å²) in [7, 11) is 4.34. The molecule has 0 spiro atoms. The lowest BCUT2D eigenvalue weighted by Gasteiger charge is -2.36. The molecular weight excluding hydrogens is 246 g/mol. The van der Waals surface area contributed by atoms with Gasteiger partial charge in [-0.3, -0.25) is 4.90 Å². The number of nitrogens with zero attached hydrogens (tertiary/aromatic N) is 3. The summed E-state index contributed by atoms with van der Waals surface area (Å²) in [5.41, 5.74) is 1.15. The van der Waals surface area contributed by atoms with Crippen LogP contribution in [0.25, 0.3) is 0 Å². The molecule has 1 aliphatic heterocycles. The van der Waals surface area contributed by atoms with Crippen molar-refractivity contribution in [2.45, 2.75) is 31.4 Å². The van der Waals surface area contributed by atoms with Gasteiger partial charge in [0.2, 0.25) is 0 Å². The van der Waals surface area contributed by atoms with Crippen molar-refractivity contribution in [3.63, 3.8) is 0 Å². The number of aliphatic hydroxyl groups excluding tert-OH is 1. The third-order valence-electron chi connectivity index (χ3n) is 4.07. The minimum atomic E-state index is -0.272. The Morgan fingerprint density at radius 3 is 2.94 bits per heavy atom. The number of thiazole rings is 1. The van der Waals surface area contributed by atoms with Crippen molar-refractivity contribution >= 4 is 11.3 Å². The fourth-order valence-corrected chi connectivity index (χ4v) is 4.13.